The van der Waals surface area contributed by atoms with Crippen LogP contribution in [0.5, 0.6) is 5.88 Å². The molecule has 8 nitrogen and oxygen atoms in total. The van der Waals surface area contributed by atoms with Crippen LogP contribution in [0.1, 0.15) is 32.3 Å². The highest BCUT2D eigenvalue weighted by Gasteiger charge is 2.44. The van der Waals surface area contributed by atoms with Gasteiger partial charge in [0.2, 0.25) is 5.88 Å². The van der Waals surface area contributed by atoms with E-state index in [9.17, 15) is 18.7 Å². The first-order valence-electron chi connectivity index (χ1n) is 11.1. The standard InChI is InChI=1S/C24H27F2N5O3/c1-15(2)24(23(32)33)8-10-30(11-9-24)22-18(26)13-27-21(28-22)19-12-20(34-3)31(29-19)14-16-6-4-5-7-17(16)25/h4-7,12-13,15H,8-11,14H2,1-3H3,(H,32,33). The van der Waals surface area contributed by atoms with Crippen molar-refractivity contribution in [2.45, 2.75) is 33.2 Å². The van der Waals surface area contributed by atoms with Crippen LogP contribution in [-0.4, -0.2) is 51.0 Å². The third kappa shape index (κ3) is 4.32. The Morgan fingerprint density at radius 1 is 1.21 bits per heavy atom. The van der Waals surface area contributed by atoms with Crippen LogP contribution >= 0.6 is 0 Å². The predicted octanol–water partition coefficient (Wildman–Crippen LogP) is 4.00. The van der Waals surface area contributed by atoms with E-state index in [0.29, 0.717) is 43.1 Å². The molecule has 1 N–H and O–H groups in total. The molecule has 0 saturated carbocycles. The number of carbonyl (C=O) groups is 1. The normalized spacial score (nSPS) is 15.5. The van der Waals surface area contributed by atoms with Gasteiger partial charge in [0, 0.05) is 24.7 Å². The van der Waals surface area contributed by atoms with Crippen LogP contribution in [0.3, 0.4) is 0 Å². The van der Waals surface area contributed by atoms with Crippen LogP contribution in [0.2, 0.25) is 0 Å². The van der Waals surface area contributed by atoms with E-state index >= 15 is 0 Å². The number of halogens is 2. The lowest BCUT2D eigenvalue weighted by Crippen LogP contribution is -2.47. The van der Waals surface area contributed by atoms with Crippen molar-refractivity contribution in [3.05, 3.63) is 53.7 Å². The minimum atomic E-state index is -0.832. The monoisotopic (exact) mass is 471 g/mol. The van der Waals surface area contributed by atoms with Crippen molar-refractivity contribution in [1.82, 2.24) is 19.7 Å². The number of benzene rings is 1. The highest BCUT2D eigenvalue weighted by atomic mass is 19.1. The van der Waals surface area contributed by atoms with Crippen molar-refractivity contribution >= 4 is 11.8 Å². The van der Waals surface area contributed by atoms with Gasteiger partial charge in [0.1, 0.15) is 11.5 Å². The summed E-state index contributed by atoms with van der Waals surface area (Å²) in [6, 6.07) is 8.00. The van der Waals surface area contributed by atoms with Gasteiger partial charge < -0.3 is 14.7 Å². The van der Waals surface area contributed by atoms with Gasteiger partial charge in [-0.25, -0.2) is 23.4 Å². The molecule has 1 saturated heterocycles. The molecule has 0 bridgehead atoms. The molecule has 3 heterocycles. The quantitative estimate of drug-likeness (QED) is 0.557. The minimum absolute atomic E-state index is 0.0381. The van der Waals surface area contributed by atoms with E-state index in [1.165, 1.54) is 17.9 Å². The Morgan fingerprint density at radius 3 is 2.53 bits per heavy atom. The highest BCUT2D eigenvalue weighted by Crippen LogP contribution is 2.40. The van der Waals surface area contributed by atoms with Gasteiger partial charge in [-0.05, 0) is 24.8 Å². The molecule has 1 fully saturated rings. The van der Waals surface area contributed by atoms with Gasteiger partial charge in [-0.3, -0.25) is 4.79 Å². The van der Waals surface area contributed by atoms with Gasteiger partial charge in [-0.15, -0.1) is 0 Å². The van der Waals surface area contributed by atoms with Crippen molar-refractivity contribution in [2.75, 3.05) is 25.1 Å². The predicted molar refractivity (Wildman–Crippen MR) is 122 cm³/mol. The first-order valence-corrected chi connectivity index (χ1v) is 11.1. The summed E-state index contributed by atoms with van der Waals surface area (Å²) in [5.41, 5.74) is -0.0353. The number of carboxylic acids is 1. The molecule has 0 unspecified atom stereocenters. The summed E-state index contributed by atoms with van der Waals surface area (Å²) in [4.78, 5) is 22.2. The molecule has 180 valence electrons. The van der Waals surface area contributed by atoms with Gasteiger partial charge in [-0.1, -0.05) is 32.0 Å². The third-order valence-corrected chi connectivity index (χ3v) is 6.67. The lowest BCUT2D eigenvalue weighted by Gasteiger charge is -2.41. The second-order valence-corrected chi connectivity index (χ2v) is 8.79. The van der Waals surface area contributed by atoms with Crippen LogP contribution < -0.4 is 9.64 Å². The third-order valence-electron chi connectivity index (χ3n) is 6.67. The molecule has 0 amide bonds. The number of aromatic nitrogens is 4. The molecule has 10 heteroatoms. The molecule has 2 aromatic heterocycles. The van der Waals surface area contributed by atoms with E-state index < -0.39 is 17.2 Å². The van der Waals surface area contributed by atoms with Crippen molar-refractivity contribution in [3.63, 3.8) is 0 Å². The maximum Gasteiger partial charge on any atom is 0.310 e. The topological polar surface area (TPSA) is 93.4 Å². The molecular formula is C24H27F2N5O3. The number of methoxy groups -OCH3 is 1. The molecule has 1 aliphatic heterocycles. The molecule has 4 rings (SSSR count). The number of hydrogen-bond acceptors (Lipinski definition) is 6. The van der Waals surface area contributed by atoms with Crippen LogP contribution in [0, 0.1) is 23.0 Å². The zero-order valence-electron chi connectivity index (χ0n) is 19.3. The van der Waals surface area contributed by atoms with Crippen LogP contribution in [0.15, 0.2) is 36.5 Å². The average molecular weight is 472 g/mol. The van der Waals surface area contributed by atoms with E-state index in [1.807, 2.05) is 13.8 Å². The second-order valence-electron chi connectivity index (χ2n) is 8.79. The molecule has 1 aromatic carbocycles. The summed E-state index contributed by atoms with van der Waals surface area (Å²) in [6.45, 7) is 4.67. The Bertz CT molecular complexity index is 1190. The van der Waals surface area contributed by atoms with E-state index in [1.54, 1.807) is 29.2 Å². The fourth-order valence-electron chi connectivity index (χ4n) is 4.43. The number of rotatable bonds is 7. The fourth-order valence-corrected chi connectivity index (χ4v) is 4.43. The number of ether oxygens (including phenoxy) is 1. The van der Waals surface area contributed by atoms with Gasteiger partial charge in [-0.2, -0.15) is 5.10 Å². The lowest BCUT2D eigenvalue weighted by molar-refractivity contribution is -0.153. The number of hydrogen-bond donors (Lipinski definition) is 1. The van der Waals surface area contributed by atoms with E-state index in [2.05, 4.69) is 15.1 Å². The van der Waals surface area contributed by atoms with Gasteiger partial charge >= 0.3 is 5.97 Å². The Kier molecular flexibility index (Phi) is 6.49. The van der Waals surface area contributed by atoms with E-state index in [4.69, 9.17) is 4.74 Å². The highest BCUT2D eigenvalue weighted by molar-refractivity contribution is 5.75. The number of carboxylic acid groups (broad SMARTS) is 1. The lowest BCUT2D eigenvalue weighted by atomic mass is 9.70. The Balaban J connectivity index is 1.60. The summed E-state index contributed by atoms with van der Waals surface area (Å²) in [5, 5.41) is 14.2. The second kappa shape index (κ2) is 9.36. The number of nitrogens with zero attached hydrogens (tertiary/aromatic N) is 5. The summed E-state index contributed by atoms with van der Waals surface area (Å²) < 4.78 is 35.7. The molecule has 34 heavy (non-hydrogen) atoms. The first-order chi connectivity index (χ1) is 16.2. The van der Waals surface area contributed by atoms with Crippen LogP contribution in [-0.2, 0) is 11.3 Å². The molecule has 0 atom stereocenters. The maximum absolute atomic E-state index is 14.7. The van der Waals surface area contributed by atoms with E-state index in [0.717, 1.165) is 6.20 Å². The van der Waals surface area contributed by atoms with Crippen LogP contribution in [0.25, 0.3) is 11.5 Å². The summed E-state index contributed by atoms with van der Waals surface area (Å²) >= 11 is 0. The Labute approximate surface area is 196 Å². The molecular weight excluding hydrogens is 444 g/mol. The molecule has 1 aliphatic rings. The molecule has 0 radical (unpaired) electrons. The van der Waals surface area contributed by atoms with Crippen molar-refractivity contribution in [2.24, 2.45) is 11.3 Å². The SMILES string of the molecule is COc1cc(-c2ncc(F)c(N3CCC(C(=O)O)(C(C)C)CC3)n2)nn1Cc1ccccc1F. The smallest absolute Gasteiger partial charge is 0.310 e. The fraction of sp³-hybridized carbons (Fsp3) is 0.417. The minimum Gasteiger partial charge on any atom is -0.481 e. The molecule has 3 aromatic rings. The number of aliphatic carboxylic acids is 1. The van der Waals surface area contributed by atoms with Crippen molar-refractivity contribution in [1.29, 1.82) is 0 Å². The Hall–Kier alpha value is -3.56. The van der Waals surface area contributed by atoms with Crippen molar-refractivity contribution < 1.29 is 23.4 Å². The van der Waals surface area contributed by atoms with Crippen molar-refractivity contribution in [3.8, 4) is 17.4 Å². The number of piperidine rings is 1. The Morgan fingerprint density at radius 2 is 1.91 bits per heavy atom. The zero-order valence-corrected chi connectivity index (χ0v) is 19.3. The molecule has 0 aliphatic carbocycles. The maximum atomic E-state index is 14.7. The summed E-state index contributed by atoms with van der Waals surface area (Å²) in [5.74, 6) is -1.12. The summed E-state index contributed by atoms with van der Waals surface area (Å²) in [6.07, 6.45) is 1.87. The zero-order chi connectivity index (χ0) is 24.5. The average Bonchev–Trinajstić information content (AvgIpc) is 3.23. The van der Waals surface area contributed by atoms with Gasteiger partial charge in [0.05, 0.1) is 25.3 Å². The van der Waals surface area contributed by atoms with E-state index in [-0.39, 0.29) is 29.9 Å². The molecule has 0 spiro atoms. The van der Waals surface area contributed by atoms with Crippen LogP contribution in [0.4, 0.5) is 14.6 Å². The van der Waals surface area contributed by atoms with Gasteiger partial charge in [0.25, 0.3) is 0 Å². The first kappa shape index (κ1) is 23.6. The summed E-state index contributed by atoms with van der Waals surface area (Å²) in [7, 11) is 1.48. The number of anilines is 1. The van der Waals surface area contributed by atoms with Gasteiger partial charge in [0.15, 0.2) is 17.5 Å². The largest absolute Gasteiger partial charge is 0.481 e.